The van der Waals surface area contributed by atoms with Crippen molar-refractivity contribution in [2.24, 2.45) is 0 Å². The smallest absolute Gasteiger partial charge is 0.134 e. The molecular formula is C14H12O. The Morgan fingerprint density at radius 1 is 1.33 bits per heavy atom. The third-order valence-corrected chi connectivity index (χ3v) is 3.30. The molecule has 0 spiro atoms. The van der Waals surface area contributed by atoms with E-state index in [0.717, 1.165) is 24.2 Å². The summed E-state index contributed by atoms with van der Waals surface area (Å²) in [4.78, 5) is 0. The third kappa shape index (κ3) is 1.05. The van der Waals surface area contributed by atoms with E-state index < -0.39 is 0 Å². The second-order valence-electron chi connectivity index (χ2n) is 4.28. The van der Waals surface area contributed by atoms with E-state index >= 15 is 0 Å². The largest absolute Gasteiger partial charge is 0.459 e. The van der Waals surface area contributed by atoms with Crippen LogP contribution < -0.4 is 0 Å². The normalized spacial score (nSPS) is 17.6. The van der Waals surface area contributed by atoms with Crippen LogP contribution in [-0.2, 0) is 5.41 Å². The summed E-state index contributed by atoms with van der Waals surface area (Å²) in [6.07, 6.45) is 7.70. The van der Waals surface area contributed by atoms with Gasteiger partial charge in [0.1, 0.15) is 11.3 Å². The van der Waals surface area contributed by atoms with Crippen molar-refractivity contribution in [1.82, 2.24) is 0 Å². The molecule has 1 aromatic heterocycles. The Bertz CT molecular complexity index is 565. The maximum atomic E-state index is 5.87. The standard InChI is InChI=1S/C14H12O/c1-3-14(8-9-14)13-10(2)11-6-4-5-7-12(11)15-13/h1,4-7H,8-9H2,2H3. The molecule has 0 N–H and O–H groups in total. The van der Waals surface area contributed by atoms with Gasteiger partial charge >= 0.3 is 0 Å². The summed E-state index contributed by atoms with van der Waals surface area (Å²) in [5.41, 5.74) is 2.07. The van der Waals surface area contributed by atoms with Gasteiger partial charge in [0.15, 0.2) is 0 Å². The fourth-order valence-electron chi connectivity index (χ4n) is 2.19. The minimum absolute atomic E-state index is 0.0941. The first-order valence-electron chi connectivity index (χ1n) is 5.23. The summed E-state index contributed by atoms with van der Waals surface area (Å²) in [6.45, 7) is 2.10. The predicted octanol–water partition coefficient (Wildman–Crippen LogP) is 3.41. The Labute approximate surface area is 89.1 Å². The van der Waals surface area contributed by atoms with E-state index in [-0.39, 0.29) is 5.41 Å². The topological polar surface area (TPSA) is 13.1 Å². The molecule has 1 nitrogen and oxygen atoms in total. The van der Waals surface area contributed by atoms with Crippen LogP contribution in [0.1, 0.15) is 24.2 Å². The van der Waals surface area contributed by atoms with Crippen LogP contribution >= 0.6 is 0 Å². The maximum Gasteiger partial charge on any atom is 0.134 e. The van der Waals surface area contributed by atoms with Crippen molar-refractivity contribution in [3.63, 3.8) is 0 Å². The maximum absolute atomic E-state index is 5.87. The second-order valence-corrected chi connectivity index (χ2v) is 4.28. The number of aryl methyl sites for hydroxylation is 1. The number of hydrogen-bond donors (Lipinski definition) is 0. The van der Waals surface area contributed by atoms with Crippen molar-refractivity contribution >= 4 is 11.0 Å². The Morgan fingerprint density at radius 3 is 2.67 bits per heavy atom. The lowest BCUT2D eigenvalue weighted by atomic mass is 10.00. The molecule has 0 aliphatic heterocycles. The van der Waals surface area contributed by atoms with Gasteiger partial charge in [0.25, 0.3) is 0 Å². The molecule has 1 saturated carbocycles. The Kier molecular flexibility index (Phi) is 1.53. The average molecular weight is 196 g/mol. The molecule has 2 aromatic rings. The highest BCUT2D eigenvalue weighted by Gasteiger charge is 2.47. The first kappa shape index (κ1) is 8.61. The molecule has 1 aliphatic rings. The Morgan fingerprint density at radius 2 is 2.07 bits per heavy atom. The molecule has 74 valence electrons. The molecule has 0 saturated heterocycles. The van der Waals surface area contributed by atoms with Crippen LogP contribution in [0.3, 0.4) is 0 Å². The number of benzene rings is 1. The van der Waals surface area contributed by atoms with E-state index in [4.69, 9.17) is 10.8 Å². The third-order valence-electron chi connectivity index (χ3n) is 3.30. The summed E-state index contributed by atoms with van der Waals surface area (Å²) in [5, 5.41) is 1.19. The molecule has 1 heteroatoms. The molecule has 0 atom stereocenters. The van der Waals surface area contributed by atoms with Crippen LogP contribution in [0.2, 0.25) is 0 Å². The first-order chi connectivity index (χ1) is 7.27. The summed E-state index contributed by atoms with van der Waals surface area (Å²) in [5.74, 6) is 3.88. The van der Waals surface area contributed by atoms with Crippen LogP contribution in [0.4, 0.5) is 0 Å². The quantitative estimate of drug-likeness (QED) is 0.637. The summed E-state index contributed by atoms with van der Waals surface area (Å²) < 4.78 is 5.87. The molecule has 0 bridgehead atoms. The summed E-state index contributed by atoms with van der Waals surface area (Å²) >= 11 is 0. The van der Waals surface area contributed by atoms with E-state index in [1.807, 2.05) is 18.2 Å². The van der Waals surface area contributed by atoms with Gasteiger partial charge in [-0.1, -0.05) is 24.1 Å². The van der Waals surface area contributed by atoms with E-state index in [1.165, 1.54) is 10.9 Å². The number of rotatable bonds is 1. The first-order valence-corrected chi connectivity index (χ1v) is 5.23. The number of para-hydroxylation sites is 1. The van der Waals surface area contributed by atoms with E-state index in [0.29, 0.717) is 0 Å². The van der Waals surface area contributed by atoms with Crippen molar-refractivity contribution in [3.05, 3.63) is 35.6 Å². The van der Waals surface area contributed by atoms with Crippen LogP contribution in [0.15, 0.2) is 28.7 Å². The van der Waals surface area contributed by atoms with E-state index in [1.54, 1.807) is 0 Å². The van der Waals surface area contributed by atoms with Crippen LogP contribution in [-0.4, -0.2) is 0 Å². The monoisotopic (exact) mass is 196 g/mol. The zero-order chi connectivity index (χ0) is 10.5. The zero-order valence-corrected chi connectivity index (χ0v) is 8.71. The predicted molar refractivity (Wildman–Crippen MR) is 60.7 cm³/mol. The van der Waals surface area contributed by atoms with Crippen molar-refractivity contribution in [3.8, 4) is 12.3 Å². The molecule has 0 unspecified atom stereocenters. The van der Waals surface area contributed by atoms with Gasteiger partial charge in [0.2, 0.25) is 0 Å². The highest BCUT2D eigenvalue weighted by Crippen LogP contribution is 2.50. The molecule has 1 aromatic carbocycles. The Hall–Kier alpha value is -1.68. The average Bonchev–Trinajstić information content (AvgIpc) is 3.00. The lowest BCUT2D eigenvalue weighted by Gasteiger charge is -2.03. The summed E-state index contributed by atoms with van der Waals surface area (Å²) in [6, 6.07) is 8.11. The van der Waals surface area contributed by atoms with Gasteiger partial charge in [-0.2, -0.15) is 0 Å². The minimum Gasteiger partial charge on any atom is -0.459 e. The number of terminal acetylenes is 1. The fourth-order valence-corrected chi connectivity index (χ4v) is 2.19. The lowest BCUT2D eigenvalue weighted by Crippen LogP contribution is -2.02. The lowest BCUT2D eigenvalue weighted by molar-refractivity contribution is 0.521. The van der Waals surface area contributed by atoms with Gasteiger partial charge in [0.05, 0.1) is 5.41 Å². The van der Waals surface area contributed by atoms with E-state index in [9.17, 15) is 0 Å². The van der Waals surface area contributed by atoms with Gasteiger partial charge < -0.3 is 4.42 Å². The molecular weight excluding hydrogens is 184 g/mol. The molecule has 1 fully saturated rings. The second kappa shape index (κ2) is 2.67. The van der Waals surface area contributed by atoms with Crippen LogP contribution in [0.25, 0.3) is 11.0 Å². The SMILES string of the molecule is C#CC1(c2oc3ccccc3c2C)CC1. The molecule has 0 radical (unpaired) electrons. The van der Waals surface area contributed by atoms with Crippen molar-refractivity contribution in [2.75, 3.05) is 0 Å². The van der Waals surface area contributed by atoms with Gasteiger partial charge in [-0.15, -0.1) is 6.42 Å². The molecule has 1 heterocycles. The van der Waals surface area contributed by atoms with Crippen LogP contribution in [0, 0.1) is 19.3 Å². The molecule has 0 amide bonds. The van der Waals surface area contributed by atoms with Gasteiger partial charge in [-0.05, 0) is 31.4 Å². The Balaban J connectivity index is 2.30. The van der Waals surface area contributed by atoms with Gasteiger partial charge in [-0.3, -0.25) is 0 Å². The van der Waals surface area contributed by atoms with Crippen molar-refractivity contribution in [1.29, 1.82) is 0 Å². The zero-order valence-electron chi connectivity index (χ0n) is 8.71. The van der Waals surface area contributed by atoms with Gasteiger partial charge in [-0.25, -0.2) is 0 Å². The minimum atomic E-state index is -0.0941. The molecule has 15 heavy (non-hydrogen) atoms. The highest BCUT2D eigenvalue weighted by molar-refractivity contribution is 5.82. The van der Waals surface area contributed by atoms with Crippen molar-refractivity contribution < 1.29 is 4.42 Å². The summed E-state index contributed by atoms with van der Waals surface area (Å²) in [7, 11) is 0. The fraction of sp³-hybridized carbons (Fsp3) is 0.286. The number of fused-ring (bicyclic) bond motifs is 1. The molecule has 3 rings (SSSR count). The van der Waals surface area contributed by atoms with E-state index in [2.05, 4.69) is 18.9 Å². The van der Waals surface area contributed by atoms with Crippen LogP contribution in [0.5, 0.6) is 0 Å². The van der Waals surface area contributed by atoms with Crippen molar-refractivity contribution in [2.45, 2.75) is 25.2 Å². The van der Waals surface area contributed by atoms with Gasteiger partial charge in [0, 0.05) is 5.39 Å². The number of furan rings is 1. The highest BCUT2D eigenvalue weighted by atomic mass is 16.3. The number of hydrogen-bond acceptors (Lipinski definition) is 1. The molecule has 1 aliphatic carbocycles.